The summed E-state index contributed by atoms with van der Waals surface area (Å²) in [6.45, 7) is 2.07. The first kappa shape index (κ1) is 12.8. The molecule has 3 atom stereocenters. The van der Waals surface area contributed by atoms with Crippen molar-refractivity contribution in [3.63, 3.8) is 0 Å². The Hall–Kier alpha value is -0.260. The number of rotatable bonds is 4. The Bertz CT molecular complexity index is 237. The van der Waals surface area contributed by atoms with Gasteiger partial charge in [-0.3, -0.25) is 4.79 Å². The number of carboxylic acid groups (broad SMARTS) is 1. The fraction of sp³-hybridized carbons (Fsp3) is 0.900. The van der Waals surface area contributed by atoms with E-state index in [1.165, 1.54) is 0 Å². The fourth-order valence-corrected chi connectivity index (χ4v) is 3.38. The van der Waals surface area contributed by atoms with E-state index in [9.17, 15) is 4.79 Å². The highest BCUT2D eigenvalue weighted by molar-refractivity contribution is 8.00. The molecule has 0 amide bonds. The Morgan fingerprint density at radius 1 is 1.73 bits per heavy atom. The highest BCUT2D eigenvalue weighted by Gasteiger charge is 2.39. The molecule has 0 heterocycles. The first-order chi connectivity index (χ1) is 6.98. The van der Waals surface area contributed by atoms with E-state index >= 15 is 0 Å². The zero-order valence-electron chi connectivity index (χ0n) is 8.98. The second-order valence-electron chi connectivity index (χ2n) is 4.31. The third-order valence-electron chi connectivity index (χ3n) is 2.85. The van der Waals surface area contributed by atoms with Crippen LogP contribution in [0, 0.1) is 0 Å². The van der Waals surface area contributed by atoms with Gasteiger partial charge in [0.1, 0.15) is 5.54 Å². The Labute approximate surface area is 94.2 Å². The van der Waals surface area contributed by atoms with E-state index in [1.807, 2.05) is 6.92 Å². The van der Waals surface area contributed by atoms with Gasteiger partial charge in [-0.1, -0.05) is 6.92 Å². The number of aliphatic hydroxyl groups excluding tert-OH is 1. The number of carbonyl (C=O) groups is 1. The third kappa shape index (κ3) is 3.36. The summed E-state index contributed by atoms with van der Waals surface area (Å²) in [5.74, 6) is -0.899. The molecule has 1 aliphatic rings. The molecule has 15 heavy (non-hydrogen) atoms. The van der Waals surface area contributed by atoms with Crippen molar-refractivity contribution in [2.45, 2.75) is 48.6 Å². The SMILES string of the molecule is CC(CO)SC1CCCC(N)(C(=O)O)C1. The molecule has 5 heteroatoms. The van der Waals surface area contributed by atoms with Crippen molar-refractivity contribution in [1.29, 1.82) is 0 Å². The van der Waals surface area contributed by atoms with Crippen LogP contribution in [0.1, 0.15) is 32.6 Å². The smallest absolute Gasteiger partial charge is 0.323 e. The largest absolute Gasteiger partial charge is 0.480 e. The Morgan fingerprint density at radius 3 is 2.93 bits per heavy atom. The molecule has 0 aromatic carbocycles. The lowest BCUT2D eigenvalue weighted by Crippen LogP contribution is -2.52. The summed E-state index contributed by atoms with van der Waals surface area (Å²) < 4.78 is 0. The van der Waals surface area contributed by atoms with Gasteiger partial charge in [0.25, 0.3) is 0 Å². The molecule has 0 spiro atoms. The standard InChI is InChI=1S/C10H19NO3S/c1-7(6-12)15-8-3-2-4-10(11,5-8)9(13)14/h7-8,12H,2-6,11H2,1H3,(H,13,14). The predicted molar refractivity (Wildman–Crippen MR) is 60.9 cm³/mol. The number of carboxylic acids is 1. The van der Waals surface area contributed by atoms with Gasteiger partial charge in [-0.25, -0.2) is 0 Å². The summed E-state index contributed by atoms with van der Waals surface area (Å²) in [5.41, 5.74) is 4.78. The van der Waals surface area contributed by atoms with Crippen LogP contribution < -0.4 is 5.73 Å². The van der Waals surface area contributed by atoms with Gasteiger partial charge in [-0.2, -0.15) is 11.8 Å². The lowest BCUT2D eigenvalue weighted by atomic mass is 9.82. The maximum absolute atomic E-state index is 11.0. The minimum absolute atomic E-state index is 0.131. The molecule has 4 N–H and O–H groups in total. The van der Waals surface area contributed by atoms with Crippen molar-refractivity contribution in [3.05, 3.63) is 0 Å². The van der Waals surface area contributed by atoms with Gasteiger partial charge in [0.2, 0.25) is 0 Å². The molecule has 0 radical (unpaired) electrons. The zero-order valence-corrected chi connectivity index (χ0v) is 9.80. The second kappa shape index (κ2) is 5.18. The molecule has 0 bridgehead atoms. The van der Waals surface area contributed by atoms with E-state index < -0.39 is 11.5 Å². The average Bonchev–Trinajstić information content (AvgIpc) is 2.17. The minimum Gasteiger partial charge on any atom is -0.480 e. The van der Waals surface area contributed by atoms with Crippen LogP contribution in [0.25, 0.3) is 0 Å². The van der Waals surface area contributed by atoms with E-state index in [4.69, 9.17) is 15.9 Å². The molecule has 4 nitrogen and oxygen atoms in total. The van der Waals surface area contributed by atoms with Crippen LogP contribution in [-0.4, -0.2) is 38.8 Å². The van der Waals surface area contributed by atoms with E-state index in [0.29, 0.717) is 12.8 Å². The maximum atomic E-state index is 11.0. The molecule has 1 aliphatic carbocycles. The van der Waals surface area contributed by atoms with Crippen LogP contribution in [0.5, 0.6) is 0 Å². The van der Waals surface area contributed by atoms with Gasteiger partial charge < -0.3 is 15.9 Å². The predicted octanol–water partition coefficient (Wildman–Crippen LogP) is 0.825. The van der Waals surface area contributed by atoms with Crippen molar-refractivity contribution >= 4 is 17.7 Å². The van der Waals surface area contributed by atoms with Gasteiger partial charge in [-0.05, 0) is 25.7 Å². The summed E-state index contributed by atoms with van der Waals surface area (Å²) in [7, 11) is 0. The highest BCUT2D eigenvalue weighted by atomic mass is 32.2. The first-order valence-electron chi connectivity index (χ1n) is 5.26. The number of thioether (sulfide) groups is 1. The van der Waals surface area contributed by atoms with Gasteiger partial charge in [0, 0.05) is 10.5 Å². The summed E-state index contributed by atoms with van der Waals surface area (Å²) >= 11 is 1.65. The lowest BCUT2D eigenvalue weighted by Gasteiger charge is -2.35. The molecule has 88 valence electrons. The molecule has 0 saturated heterocycles. The van der Waals surface area contributed by atoms with Crippen LogP contribution in [0.2, 0.25) is 0 Å². The van der Waals surface area contributed by atoms with E-state index in [2.05, 4.69) is 0 Å². The Balaban J connectivity index is 2.52. The van der Waals surface area contributed by atoms with Gasteiger partial charge in [-0.15, -0.1) is 0 Å². The van der Waals surface area contributed by atoms with Crippen molar-refractivity contribution in [1.82, 2.24) is 0 Å². The third-order valence-corrected chi connectivity index (χ3v) is 4.25. The summed E-state index contributed by atoms with van der Waals surface area (Å²) in [6.07, 6.45) is 2.93. The van der Waals surface area contributed by atoms with Crippen molar-refractivity contribution in [2.24, 2.45) is 5.73 Å². The first-order valence-corrected chi connectivity index (χ1v) is 6.21. The molecular formula is C10H19NO3S. The van der Waals surface area contributed by atoms with Crippen LogP contribution >= 0.6 is 11.8 Å². The van der Waals surface area contributed by atoms with Gasteiger partial charge in [0.15, 0.2) is 0 Å². The summed E-state index contributed by atoms with van der Waals surface area (Å²) in [6, 6.07) is 0. The van der Waals surface area contributed by atoms with Crippen LogP contribution in [0.15, 0.2) is 0 Å². The van der Waals surface area contributed by atoms with Crippen molar-refractivity contribution in [2.75, 3.05) is 6.61 Å². The maximum Gasteiger partial charge on any atom is 0.323 e. The molecule has 0 aliphatic heterocycles. The molecule has 1 saturated carbocycles. The van der Waals surface area contributed by atoms with E-state index in [0.717, 1.165) is 12.8 Å². The minimum atomic E-state index is -1.05. The van der Waals surface area contributed by atoms with E-state index in [-0.39, 0.29) is 17.1 Å². The van der Waals surface area contributed by atoms with Gasteiger partial charge in [0.05, 0.1) is 6.61 Å². The quantitative estimate of drug-likeness (QED) is 0.669. The number of aliphatic carboxylic acids is 1. The number of aliphatic hydroxyl groups is 1. The normalized spacial score (nSPS) is 33.7. The molecule has 1 rings (SSSR count). The van der Waals surface area contributed by atoms with Crippen LogP contribution in [-0.2, 0) is 4.79 Å². The highest BCUT2D eigenvalue weighted by Crippen LogP contribution is 2.35. The number of hydrogen-bond donors (Lipinski definition) is 3. The number of nitrogens with two attached hydrogens (primary N) is 1. The van der Waals surface area contributed by atoms with Crippen LogP contribution in [0.3, 0.4) is 0 Å². The topological polar surface area (TPSA) is 83.5 Å². The summed E-state index contributed by atoms with van der Waals surface area (Å²) in [5, 5.41) is 18.4. The van der Waals surface area contributed by atoms with Crippen molar-refractivity contribution < 1.29 is 15.0 Å². The Morgan fingerprint density at radius 2 is 2.40 bits per heavy atom. The average molecular weight is 233 g/mol. The Kier molecular flexibility index (Phi) is 4.43. The molecule has 0 aromatic rings. The molecule has 3 unspecified atom stereocenters. The van der Waals surface area contributed by atoms with Gasteiger partial charge >= 0.3 is 5.97 Å². The molecular weight excluding hydrogens is 214 g/mol. The summed E-state index contributed by atoms with van der Waals surface area (Å²) in [4.78, 5) is 11.0. The monoisotopic (exact) mass is 233 g/mol. The fourth-order valence-electron chi connectivity index (χ4n) is 1.94. The molecule has 1 fully saturated rings. The zero-order chi connectivity index (χ0) is 11.5. The van der Waals surface area contributed by atoms with Crippen LogP contribution in [0.4, 0.5) is 0 Å². The van der Waals surface area contributed by atoms with Crippen molar-refractivity contribution in [3.8, 4) is 0 Å². The number of hydrogen-bond acceptors (Lipinski definition) is 4. The second-order valence-corrected chi connectivity index (χ2v) is 6.05. The van der Waals surface area contributed by atoms with E-state index in [1.54, 1.807) is 11.8 Å². The molecule has 0 aromatic heterocycles. The lowest BCUT2D eigenvalue weighted by molar-refractivity contribution is -0.144.